The van der Waals surface area contributed by atoms with E-state index in [2.05, 4.69) is 4.74 Å². The average Bonchev–Trinajstić information content (AvgIpc) is 3.41. The van der Waals surface area contributed by atoms with Crippen molar-refractivity contribution in [1.29, 1.82) is 0 Å². The molecule has 9 heteroatoms. The van der Waals surface area contributed by atoms with Gasteiger partial charge in [-0.2, -0.15) is 13.2 Å². The van der Waals surface area contributed by atoms with Crippen LogP contribution in [-0.4, -0.2) is 25.3 Å². The summed E-state index contributed by atoms with van der Waals surface area (Å²) in [7, 11) is 0. The molecule has 0 spiro atoms. The zero-order valence-electron chi connectivity index (χ0n) is 15.5. The molecule has 1 unspecified atom stereocenters. The lowest BCUT2D eigenvalue weighted by Gasteiger charge is -2.42. The molecule has 4 rings (SSSR count). The second-order valence-electron chi connectivity index (χ2n) is 7.70. The van der Waals surface area contributed by atoms with Crippen LogP contribution >= 0.6 is 0 Å². The number of ether oxygens (including phenoxy) is 2. The molecule has 2 aliphatic rings. The highest BCUT2D eigenvalue weighted by Crippen LogP contribution is 2.61. The molecule has 1 aliphatic carbocycles. The summed E-state index contributed by atoms with van der Waals surface area (Å²) in [6.07, 6.45) is -4.22. The fraction of sp³-hybridized carbons (Fsp3) is 0.429. The monoisotopic (exact) mass is 434 g/mol. The van der Waals surface area contributed by atoms with Gasteiger partial charge in [0.1, 0.15) is 17.4 Å². The van der Waals surface area contributed by atoms with Gasteiger partial charge in [0.15, 0.2) is 12.2 Å². The van der Waals surface area contributed by atoms with Crippen LogP contribution in [0.4, 0.5) is 30.7 Å². The van der Waals surface area contributed by atoms with Crippen LogP contribution in [-0.2, 0) is 10.3 Å². The van der Waals surface area contributed by atoms with Gasteiger partial charge in [-0.1, -0.05) is 12.1 Å². The SMILES string of the molecule is Fc1ccc(C2(C(F)(F)C3CC(c4ccc(OCC(F)(F)F)cc4)C3)CO2)c(F)c1. The molecule has 162 valence electrons. The number of benzene rings is 2. The standard InChI is InChI=1S/C21H17F7O2/c22-15-3-6-17(18(23)9-15)19(10-30-19)21(27,28)14-7-13(8-14)12-1-4-16(5-2-12)29-11-20(24,25)26/h1-6,9,13-14H,7-8,10-11H2. The van der Waals surface area contributed by atoms with Crippen molar-refractivity contribution in [1.82, 2.24) is 0 Å². The summed E-state index contributed by atoms with van der Waals surface area (Å²) in [6.45, 7) is -1.76. The van der Waals surface area contributed by atoms with Crippen molar-refractivity contribution in [2.45, 2.75) is 36.5 Å². The molecule has 1 aliphatic heterocycles. The first-order valence-corrected chi connectivity index (χ1v) is 9.29. The molecule has 0 amide bonds. The van der Waals surface area contributed by atoms with Crippen molar-refractivity contribution < 1.29 is 40.2 Å². The second-order valence-corrected chi connectivity index (χ2v) is 7.70. The molecule has 2 aromatic rings. The van der Waals surface area contributed by atoms with Crippen molar-refractivity contribution >= 4 is 0 Å². The molecule has 2 fully saturated rings. The molecule has 0 N–H and O–H groups in total. The third kappa shape index (κ3) is 3.75. The topological polar surface area (TPSA) is 21.8 Å². The third-order valence-corrected chi connectivity index (χ3v) is 5.74. The van der Waals surface area contributed by atoms with Gasteiger partial charge in [-0.05, 0) is 48.6 Å². The van der Waals surface area contributed by atoms with Crippen LogP contribution in [0, 0.1) is 17.6 Å². The first-order chi connectivity index (χ1) is 14.0. The van der Waals surface area contributed by atoms with Crippen molar-refractivity contribution in [3.05, 3.63) is 65.2 Å². The van der Waals surface area contributed by atoms with E-state index >= 15 is 8.78 Å². The van der Waals surface area contributed by atoms with Gasteiger partial charge in [0.25, 0.3) is 5.92 Å². The molecule has 2 nitrogen and oxygen atoms in total. The summed E-state index contributed by atoms with van der Waals surface area (Å²) < 4.78 is 104. The first kappa shape index (κ1) is 21.0. The van der Waals surface area contributed by atoms with Crippen molar-refractivity contribution in [3.63, 3.8) is 0 Å². The van der Waals surface area contributed by atoms with Crippen LogP contribution in [0.3, 0.4) is 0 Å². The van der Waals surface area contributed by atoms with Gasteiger partial charge in [0, 0.05) is 17.5 Å². The molecule has 1 atom stereocenters. The lowest BCUT2D eigenvalue weighted by Crippen LogP contribution is -2.47. The van der Waals surface area contributed by atoms with Crippen molar-refractivity contribution in [2.75, 3.05) is 13.2 Å². The summed E-state index contributed by atoms with van der Waals surface area (Å²) >= 11 is 0. The highest BCUT2D eigenvalue weighted by molar-refractivity contribution is 5.35. The molecule has 2 aromatic carbocycles. The van der Waals surface area contributed by atoms with E-state index in [0.29, 0.717) is 11.6 Å². The maximum absolute atomic E-state index is 15.1. The van der Waals surface area contributed by atoms with Crippen LogP contribution in [0.15, 0.2) is 42.5 Å². The Morgan fingerprint density at radius 1 is 0.967 bits per heavy atom. The van der Waals surface area contributed by atoms with Crippen LogP contribution in [0.2, 0.25) is 0 Å². The largest absolute Gasteiger partial charge is 0.484 e. The fourth-order valence-corrected chi connectivity index (χ4v) is 3.93. The molecule has 0 bridgehead atoms. The Morgan fingerprint density at radius 2 is 1.60 bits per heavy atom. The van der Waals surface area contributed by atoms with E-state index < -0.39 is 41.9 Å². The predicted octanol–water partition coefficient (Wildman–Crippen LogP) is 5.96. The quantitative estimate of drug-likeness (QED) is 0.413. The molecule has 0 radical (unpaired) electrons. The van der Waals surface area contributed by atoms with Gasteiger partial charge in [0.05, 0.1) is 6.61 Å². The molecular formula is C21H17F7O2. The van der Waals surface area contributed by atoms with Gasteiger partial charge in [-0.3, -0.25) is 0 Å². The second kappa shape index (κ2) is 7.14. The number of epoxide rings is 1. The third-order valence-electron chi connectivity index (χ3n) is 5.74. The number of hydrogen-bond donors (Lipinski definition) is 0. The zero-order valence-corrected chi connectivity index (χ0v) is 15.5. The Labute approximate surface area is 167 Å². The predicted molar refractivity (Wildman–Crippen MR) is 92.4 cm³/mol. The summed E-state index contributed by atoms with van der Waals surface area (Å²) in [5.41, 5.74) is -1.74. The molecule has 1 saturated heterocycles. The van der Waals surface area contributed by atoms with E-state index in [1.54, 1.807) is 12.1 Å². The maximum atomic E-state index is 15.1. The fourth-order valence-electron chi connectivity index (χ4n) is 3.93. The smallest absolute Gasteiger partial charge is 0.422 e. The number of alkyl halides is 5. The minimum Gasteiger partial charge on any atom is -0.484 e. The minimum absolute atomic E-state index is 0.0365. The summed E-state index contributed by atoms with van der Waals surface area (Å²) in [4.78, 5) is 0. The molecule has 1 heterocycles. The molecule has 0 aromatic heterocycles. The van der Waals surface area contributed by atoms with Gasteiger partial charge < -0.3 is 9.47 Å². The first-order valence-electron chi connectivity index (χ1n) is 9.29. The van der Waals surface area contributed by atoms with E-state index in [1.807, 2.05) is 0 Å². The molecule has 1 saturated carbocycles. The maximum Gasteiger partial charge on any atom is 0.422 e. The van der Waals surface area contributed by atoms with E-state index in [9.17, 15) is 22.0 Å². The normalized spacial score (nSPS) is 26.2. The summed E-state index contributed by atoms with van der Waals surface area (Å²) in [5, 5.41) is 0. The summed E-state index contributed by atoms with van der Waals surface area (Å²) in [5.74, 6) is -6.51. The number of halogens is 7. The van der Waals surface area contributed by atoms with Gasteiger partial charge >= 0.3 is 6.18 Å². The Balaban J connectivity index is 1.41. The number of rotatable bonds is 6. The average molecular weight is 434 g/mol. The summed E-state index contributed by atoms with van der Waals surface area (Å²) in [6, 6.07) is 8.30. The van der Waals surface area contributed by atoms with Crippen LogP contribution in [0.5, 0.6) is 5.75 Å². The Kier molecular flexibility index (Phi) is 4.99. The lowest BCUT2D eigenvalue weighted by molar-refractivity contribution is -0.153. The van der Waals surface area contributed by atoms with Gasteiger partial charge in [-0.15, -0.1) is 0 Å². The minimum atomic E-state index is -4.45. The van der Waals surface area contributed by atoms with E-state index in [4.69, 9.17) is 4.74 Å². The van der Waals surface area contributed by atoms with Crippen LogP contribution in [0.25, 0.3) is 0 Å². The van der Waals surface area contributed by atoms with Gasteiger partial charge in [0.2, 0.25) is 0 Å². The van der Waals surface area contributed by atoms with Crippen molar-refractivity contribution in [3.8, 4) is 5.75 Å². The Morgan fingerprint density at radius 3 is 2.13 bits per heavy atom. The van der Waals surface area contributed by atoms with E-state index in [0.717, 1.165) is 12.1 Å². The highest BCUT2D eigenvalue weighted by Gasteiger charge is 2.70. The van der Waals surface area contributed by atoms with E-state index in [1.165, 1.54) is 12.1 Å². The number of hydrogen-bond acceptors (Lipinski definition) is 2. The Hall–Kier alpha value is -2.29. The molecule has 30 heavy (non-hydrogen) atoms. The Bertz CT molecular complexity index is 914. The molecular weight excluding hydrogens is 417 g/mol. The van der Waals surface area contributed by atoms with E-state index in [-0.39, 0.29) is 36.7 Å². The highest BCUT2D eigenvalue weighted by atomic mass is 19.4. The lowest BCUT2D eigenvalue weighted by atomic mass is 9.65. The van der Waals surface area contributed by atoms with Crippen LogP contribution in [0.1, 0.15) is 29.9 Å². The zero-order chi connectivity index (χ0) is 21.7. The van der Waals surface area contributed by atoms with Crippen LogP contribution < -0.4 is 4.74 Å². The van der Waals surface area contributed by atoms with Crippen molar-refractivity contribution in [2.24, 2.45) is 5.92 Å². The van der Waals surface area contributed by atoms with Gasteiger partial charge in [-0.25, -0.2) is 17.6 Å².